The van der Waals surface area contributed by atoms with Crippen molar-refractivity contribution in [3.05, 3.63) is 138 Å². The molecule has 8 heteroatoms. The smallest absolute Gasteiger partial charge is 0.251 e. The van der Waals surface area contributed by atoms with Crippen LogP contribution in [0.25, 0.3) is 5.69 Å². The summed E-state index contributed by atoms with van der Waals surface area (Å²) in [4.78, 5) is 13.2. The van der Waals surface area contributed by atoms with Gasteiger partial charge >= 0.3 is 0 Å². The van der Waals surface area contributed by atoms with Crippen LogP contribution in [0.4, 0.5) is 4.39 Å². The monoisotopic (exact) mass is 538 g/mol. The maximum atomic E-state index is 13.5. The molecule has 6 nitrogen and oxygen atoms in total. The molecule has 5 aromatic rings. The Balaban J connectivity index is 1.50. The second-order valence-electron chi connectivity index (χ2n) is 8.87. The van der Waals surface area contributed by atoms with Gasteiger partial charge in [0.25, 0.3) is 5.91 Å². The van der Waals surface area contributed by atoms with Crippen molar-refractivity contribution in [2.24, 2.45) is 0 Å². The van der Waals surface area contributed by atoms with E-state index in [9.17, 15) is 9.18 Å². The third-order valence-electron chi connectivity index (χ3n) is 6.21. The quantitative estimate of drug-likeness (QED) is 0.208. The molecule has 0 saturated heterocycles. The normalized spacial score (nSPS) is 11.6. The van der Waals surface area contributed by atoms with Gasteiger partial charge in [-0.15, -0.1) is 10.2 Å². The number of nitrogens with one attached hydrogen (secondary N) is 1. The summed E-state index contributed by atoms with van der Waals surface area (Å²) in [5.74, 6) is 1.39. The Bertz CT molecular complexity index is 1510. The number of thioether (sulfide) groups is 1. The number of aromatic nitrogens is 3. The lowest BCUT2D eigenvalue weighted by Gasteiger charge is -2.20. The second kappa shape index (κ2) is 12.4. The maximum Gasteiger partial charge on any atom is 0.251 e. The molecule has 0 aliphatic rings. The molecule has 0 bridgehead atoms. The minimum atomic E-state index is -0.493. The van der Waals surface area contributed by atoms with E-state index in [4.69, 9.17) is 4.74 Å². The lowest BCUT2D eigenvalue weighted by molar-refractivity contribution is 0.0934. The van der Waals surface area contributed by atoms with E-state index in [0.717, 1.165) is 22.6 Å². The van der Waals surface area contributed by atoms with E-state index >= 15 is 0 Å². The molecule has 1 amide bonds. The molecule has 1 N–H and O–H groups in total. The molecule has 0 spiro atoms. The first-order chi connectivity index (χ1) is 19.1. The SMILES string of the molecule is COc1ccc(CSc2nnc(C(Cc3ccccc3)NC(=O)c3ccc(F)cc3)n2-c2ccccc2)cc1. The number of methoxy groups -OCH3 is 1. The second-order valence-corrected chi connectivity index (χ2v) is 9.81. The largest absolute Gasteiger partial charge is 0.497 e. The topological polar surface area (TPSA) is 69.0 Å². The number of halogens is 1. The highest BCUT2D eigenvalue weighted by molar-refractivity contribution is 7.98. The van der Waals surface area contributed by atoms with E-state index in [1.54, 1.807) is 18.9 Å². The fourth-order valence-electron chi connectivity index (χ4n) is 4.19. The van der Waals surface area contributed by atoms with Crippen LogP contribution in [0.5, 0.6) is 5.75 Å². The lowest BCUT2D eigenvalue weighted by Crippen LogP contribution is -2.32. The van der Waals surface area contributed by atoms with E-state index in [-0.39, 0.29) is 5.91 Å². The molecule has 1 atom stereocenters. The van der Waals surface area contributed by atoms with Crippen LogP contribution in [0, 0.1) is 5.82 Å². The summed E-state index contributed by atoms with van der Waals surface area (Å²) in [7, 11) is 1.65. The minimum Gasteiger partial charge on any atom is -0.497 e. The molecule has 1 aromatic heterocycles. The summed E-state index contributed by atoms with van der Waals surface area (Å²) in [6.45, 7) is 0. The van der Waals surface area contributed by atoms with Crippen LogP contribution < -0.4 is 10.1 Å². The molecule has 4 aromatic carbocycles. The fourth-order valence-corrected chi connectivity index (χ4v) is 5.10. The molecule has 0 aliphatic heterocycles. The number of rotatable bonds is 10. The van der Waals surface area contributed by atoms with Crippen molar-refractivity contribution in [1.29, 1.82) is 0 Å². The van der Waals surface area contributed by atoms with Crippen LogP contribution in [-0.2, 0) is 12.2 Å². The van der Waals surface area contributed by atoms with Crippen LogP contribution in [-0.4, -0.2) is 27.8 Å². The molecular formula is C31H27FN4O2S. The first kappa shape index (κ1) is 26.2. The first-order valence-corrected chi connectivity index (χ1v) is 13.5. The zero-order chi connectivity index (χ0) is 27.0. The Hall–Kier alpha value is -4.43. The highest BCUT2D eigenvalue weighted by Gasteiger charge is 2.25. The molecule has 196 valence electrons. The van der Waals surface area contributed by atoms with Crippen LogP contribution in [0.3, 0.4) is 0 Å². The molecule has 5 rings (SSSR count). The molecule has 0 radical (unpaired) electrons. The van der Waals surface area contributed by atoms with Crippen molar-refractivity contribution < 1.29 is 13.9 Å². The van der Waals surface area contributed by atoms with Gasteiger partial charge in [-0.05, 0) is 66.1 Å². The van der Waals surface area contributed by atoms with Gasteiger partial charge in [-0.2, -0.15) is 0 Å². The van der Waals surface area contributed by atoms with Gasteiger partial charge in [0.1, 0.15) is 11.6 Å². The van der Waals surface area contributed by atoms with Crippen molar-refractivity contribution in [2.45, 2.75) is 23.4 Å². The Labute approximate surface area is 230 Å². The number of hydrogen-bond donors (Lipinski definition) is 1. The van der Waals surface area contributed by atoms with Crippen molar-refractivity contribution in [2.75, 3.05) is 7.11 Å². The van der Waals surface area contributed by atoms with Crippen LogP contribution >= 0.6 is 11.8 Å². The number of para-hydroxylation sites is 1. The Morgan fingerprint density at radius 3 is 2.21 bits per heavy atom. The molecule has 0 fully saturated rings. The molecule has 0 aliphatic carbocycles. The summed E-state index contributed by atoms with van der Waals surface area (Å²) in [5, 5.41) is 13.0. The summed E-state index contributed by atoms with van der Waals surface area (Å²) in [5.41, 5.74) is 3.42. The Morgan fingerprint density at radius 1 is 0.872 bits per heavy atom. The average molecular weight is 539 g/mol. The van der Waals surface area contributed by atoms with Crippen LogP contribution in [0.15, 0.2) is 114 Å². The third-order valence-corrected chi connectivity index (χ3v) is 7.21. The Morgan fingerprint density at radius 2 is 1.54 bits per heavy atom. The number of nitrogens with zero attached hydrogens (tertiary/aromatic N) is 3. The van der Waals surface area contributed by atoms with Gasteiger partial charge in [0.2, 0.25) is 0 Å². The highest BCUT2D eigenvalue weighted by Crippen LogP contribution is 2.29. The van der Waals surface area contributed by atoms with Gasteiger partial charge < -0.3 is 10.1 Å². The Kier molecular flexibility index (Phi) is 8.33. The number of ether oxygens (including phenoxy) is 1. The van der Waals surface area contributed by atoms with E-state index in [2.05, 4.69) is 15.5 Å². The van der Waals surface area contributed by atoms with Crippen LogP contribution in [0.1, 0.15) is 33.4 Å². The zero-order valence-corrected chi connectivity index (χ0v) is 22.1. The number of carbonyl (C=O) groups is 1. The highest BCUT2D eigenvalue weighted by atomic mass is 32.2. The summed E-state index contributed by atoms with van der Waals surface area (Å²) < 4.78 is 20.7. The number of benzene rings is 4. The van der Waals surface area contributed by atoms with Crippen molar-refractivity contribution in [3.8, 4) is 11.4 Å². The summed E-state index contributed by atoms with van der Waals surface area (Å²) in [6, 6.07) is 32.7. The maximum absolute atomic E-state index is 13.5. The number of carbonyl (C=O) groups excluding carboxylic acids is 1. The predicted molar refractivity (Wildman–Crippen MR) is 151 cm³/mol. The fraction of sp³-hybridized carbons (Fsp3) is 0.129. The number of hydrogen-bond acceptors (Lipinski definition) is 5. The average Bonchev–Trinajstić information content (AvgIpc) is 3.41. The van der Waals surface area contributed by atoms with Gasteiger partial charge in [0.15, 0.2) is 11.0 Å². The molecular weight excluding hydrogens is 511 g/mol. The van der Waals surface area contributed by atoms with Crippen molar-refractivity contribution in [1.82, 2.24) is 20.1 Å². The predicted octanol–water partition coefficient (Wildman–Crippen LogP) is 6.42. The van der Waals surface area contributed by atoms with E-state index in [1.165, 1.54) is 24.3 Å². The van der Waals surface area contributed by atoms with Gasteiger partial charge in [0, 0.05) is 17.0 Å². The third kappa shape index (κ3) is 6.53. The molecule has 1 heterocycles. The summed E-state index contributed by atoms with van der Waals surface area (Å²) in [6.07, 6.45) is 0.502. The first-order valence-electron chi connectivity index (χ1n) is 12.5. The minimum absolute atomic E-state index is 0.314. The van der Waals surface area contributed by atoms with Crippen molar-refractivity contribution in [3.63, 3.8) is 0 Å². The van der Waals surface area contributed by atoms with Gasteiger partial charge in [-0.1, -0.05) is 72.4 Å². The van der Waals surface area contributed by atoms with E-state index in [0.29, 0.717) is 28.7 Å². The lowest BCUT2D eigenvalue weighted by atomic mass is 10.0. The standard InChI is InChI=1S/C31H27FN4O2S/c1-38-27-18-12-23(13-19-27)21-39-31-35-34-29(36(31)26-10-6-3-7-11-26)28(20-22-8-4-2-5-9-22)33-30(37)24-14-16-25(32)17-15-24/h2-19,28H,20-21H2,1H3,(H,33,37). The molecule has 0 saturated carbocycles. The van der Waals surface area contributed by atoms with E-state index < -0.39 is 11.9 Å². The summed E-state index contributed by atoms with van der Waals surface area (Å²) >= 11 is 1.56. The van der Waals surface area contributed by atoms with E-state index in [1.807, 2.05) is 89.5 Å². The van der Waals surface area contributed by atoms with Crippen molar-refractivity contribution >= 4 is 17.7 Å². The van der Waals surface area contributed by atoms with Crippen LogP contribution in [0.2, 0.25) is 0 Å². The number of amides is 1. The molecule has 1 unspecified atom stereocenters. The zero-order valence-electron chi connectivity index (χ0n) is 21.3. The van der Waals surface area contributed by atoms with Gasteiger partial charge in [-0.3, -0.25) is 9.36 Å². The molecule has 39 heavy (non-hydrogen) atoms. The van der Waals surface area contributed by atoms with Gasteiger partial charge in [0.05, 0.1) is 13.2 Å². The van der Waals surface area contributed by atoms with Gasteiger partial charge in [-0.25, -0.2) is 4.39 Å².